The lowest BCUT2D eigenvalue weighted by atomic mass is 10.2. The molecular formula is C16H13N3O5. The zero-order valence-corrected chi connectivity index (χ0v) is 12.6. The van der Waals surface area contributed by atoms with Gasteiger partial charge in [-0.05, 0) is 31.2 Å². The van der Waals surface area contributed by atoms with Gasteiger partial charge in [0, 0.05) is 17.8 Å². The van der Waals surface area contributed by atoms with E-state index >= 15 is 0 Å². The summed E-state index contributed by atoms with van der Waals surface area (Å²) in [6.45, 7) is 1.57. The van der Waals surface area contributed by atoms with E-state index in [4.69, 9.17) is 4.42 Å². The van der Waals surface area contributed by atoms with E-state index in [1.165, 1.54) is 28.8 Å². The summed E-state index contributed by atoms with van der Waals surface area (Å²) in [6, 6.07) is 11.4. The van der Waals surface area contributed by atoms with Crippen molar-refractivity contribution in [3.8, 4) is 0 Å². The van der Waals surface area contributed by atoms with Crippen LogP contribution in [-0.2, 0) is 4.79 Å². The molecule has 0 spiro atoms. The maximum Gasteiger partial charge on any atom is 0.420 e. The normalized spacial score (nSPS) is 12.0. The summed E-state index contributed by atoms with van der Waals surface area (Å²) < 4.78 is 6.38. The number of carbonyl (C=O) groups is 1. The molecule has 8 nitrogen and oxygen atoms in total. The van der Waals surface area contributed by atoms with Gasteiger partial charge in [-0.1, -0.05) is 12.1 Å². The first kappa shape index (κ1) is 15.5. The third-order valence-corrected chi connectivity index (χ3v) is 3.63. The van der Waals surface area contributed by atoms with Crippen LogP contribution in [-0.4, -0.2) is 15.4 Å². The van der Waals surface area contributed by atoms with Gasteiger partial charge in [-0.3, -0.25) is 19.5 Å². The molecule has 3 rings (SSSR count). The molecule has 2 aromatic carbocycles. The number of nitro benzene ring substituents is 1. The molecular weight excluding hydrogens is 314 g/mol. The zero-order chi connectivity index (χ0) is 17.3. The summed E-state index contributed by atoms with van der Waals surface area (Å²) in [5.41, 5.74) is 1.25. The number of amides is 1. The standard InChI is InChI=1S/C16H13N3O5/c1-10(18-13-4-2-3-5-14(13)24-16(18)21)15(20)17-11-6-8-12(9-7-11)19(22)23/h2-10H,1H3,(H,17,20). The van der Waals surface area contributed by atoms with Gasteiger partial charge in [0.05, 0.1) is 10.4 Å². The van der Waals surface area contributed by atoms with Crippen LogP contribution in [0.2, 0.25) is 0 Å². The van der Waals surface area contributed by atoms with Crippen LogP contribution in [0.5, 0.6) is 0 Å². The van der Waals surface area contributed by atoms with E-state index in [2.05, 4.69) is 5.32 Å². The number of anilines is 1. The van der Waals surface area contributed by atoms with E-state index in [9.17, 15) is 19.7 Å². The first-order chi connectivity index (χ1) is 11.5. The Morgan fingerprint density at radius 3 is 2.54 bits per heavy atom. The Morgan fingerprint density at radius 2 is 1.88 bits per heavy atom. The molecule has 8 heteroatoms. The SMILES string of the molecule is CC(C(=O)Nc1ccc([N+](=O)[O-])cc1)n1c(=O)oc2ccccc21. The Kier molecular flexibility index (Phi) is 3.87. The molecule has 24 heavy (non-hydrogen) atoms. The maximum atomic E-state index is 12.4. The molecule has 1 unspecified atom stereocenters. The van der Waals surface area contributed by atoms with Gasteiger partial charge in [0.25, 0.3) is 5.69 Å². The number of para-hydroxylation sites is 2. The molecule has 1 atom stereocenters. The van der Waals surface area contributed by atoms with E-state index in [0.29, 0.717) is 16.8 Å². The number of aromatic nitrogens is 1. The van der Waals surface area contributed by atoms with E-state index < -0.39 is 22.6 Å². The fraction of sp³-hybridized carbons (Fsp3) is 0.125. The summed E-state index contributed by atoms with van der Waals surface area (Å²) in [7, 11) is 0. The summed E-state index contributed by atoms with van der Waals surface area (Å²) in [5.74, 6) is -1.06. The average Bonchev–Trinajstić information content (AvgIpc) is 2.90. The monoisotopic (exact) mass is 327 g/mol. The molecule has 122 valence electrons. The molecule has 0 aliphatic heterocycles. The number of hydrogen-bond donors (Lipinski definition) is 1. The van der Waals surface area contributed by atoms with Crippen LogP contribution in [0, 0.1) is 10.1 Å². The van der Waals surface area contributed by atoms with Crippen molar-refractivity contribution in [2.75, 3.05) is 5.32 Å². The van der Waals surface area contributed by atoms with Crippen molar-refractivity contribution < 1.29 is 14.1 Å². The molecule has 0 aliphatic rings. The first-order valence-electron chi connectivity index (χ1n) is 7.13. The zero-order valence-electron chi connectivity index (χ0n) is 12.6. The quantitative estimate of drug-likeness (QED) is 0.585. The summed E-state index contributed by atoms with van der Waals surface area (Å²) in [5, 5.41) is 13.3. The highest BCUT2D eigenvalue weighted by atomic mass is 16.6. The summed E-state index contributed by atoms with van der Waals surface area (Å²) in [4.78, 5) is 34.5. The third-order valence-electron chi connectivity index (χ3n) is 3.63. The predicted octanol–water partition coefficient (Wildman–Crippen LogP) is 2.70. The number of rotatable bonds is 4. The lowest BCUT2D eigenvalue weighted by Gasteiger charge is -2.13. The highest BCUT2D eigenvalue weighted by molar-refractivity contribution is 5.94. The van der Waals surface area contributed by atoms with E-state index in [-0.39, 0.29) is 5.69 Å². The fourth-order valence-electron chi connectivity index (χ4n) is 2.38. The third kappa shape index (κ3) is 2.76. The largest absolute Gasteiger partial charge is 0.420 e. The van der Waals surface area contributed by atoms with Crippen molar-refractivity contribution in [1.82, 2.24) is 4.57 Å². The maximum absolute atomic E-state index is 12.4. The van der Waals surface area contributed by atoms with Crippen LogP contribution in [0.3, 0.4) is 0 Å². The summed E-state index contributed by atoms with van der Waals surface area (Å²) >= 11 is 0. The molecule has 1 N–H and O–H groups in total. The molecule has 1 aromatic heterocycles. The minimum absolute atomic E-state index is 0.0712. The second-order valence-electron chi connectivity index (χ2n) is 5.17. The van der Waals surface area contributed by atoms with Crippen molar-refractivity contribution in [2.45, 2.75) is 13.0 Å². The van der Waals surface area contributed by atoms with Crippen LogP contribution in [0.4, 0.5) is 11.4 Å². The Balaban J connectivity index is 1.85. The molecule has 1 heterocycles. The first-order valence-corrected chi connectivity index (χ1v) is 7.13. The van der Waals surface area contributed by atoms with Crippen molar-refractivity contribution >= 4 is 28.4 Å². The lowest BCUT2D eigenvalue weighted by molar-refractivity contribution is -0.384. The number of benzene rings is 2. The smallest absolute Gasteiger partial charge is 0.408 e. The highest BCUT2D eigenvalue weighted by Gasteiger charge is 2.21. The molecule has 0 saturated heterocycles. The Morgan fingerprint density at radius 1 is 1.21 bits per heavy atom. The molecule has 0 radical (unpaired) electrons. The minimum atomic E-state index is -0.809. The summed E-state index contributed by atoms with van der Waals surface area (Å²) in [6.07, 6.45) is 0. The number of hydrogen-bond acceptors (Lipinski definition) is 5. The van der Waals surface area contributed by atoms with E-state index in [1.807, 2.05) is 0 Å². The molecule has 0 fully saturated rings. The second kappa shape index (κ2) is 5.99. The second-order valence-corrected chi connectivity index (χ2v) is 5.17. The van der Waals surface area contributed by atoms with Gasteiger partial charge in [0.1, 0.15) is 6.04 Å². The topological polar surface area (TPSA) is 107 Å². The van der Waals surface area contributed by atoms with Gasteiger partial charge >= 0.3 is 5.76 Å². The predicted molar refractivity (Wildman–Crippen MR) is 86.9 cm³/mol. The number of nitrogens with one attached hydrogen (secondary N) is 1. The van der Waals surface area contributed by atoms with Crippen LogP contribution in [0.25, 0.3) is 11.1 Å². The molecule has 0 saturated carbocycles. The highest BCUT2D eigenvalue weighted by Crippen LogP contribution is 2.19. The van der Waals surface area contributed by atoms with Gasteiger partial charge in [0.15, 0.2) is 5.58 Å². The Hall–Kier alpha value is -3.42. The Bertz CT molecular complexity index is 971. The van der Waals surface area contributed by atoms with Gasteiger partial charge in [-0.15, -0.1) is 0 Å². The van der Waals surface area contributed by atoms with E-state index in [0.717, 1.165) is 0 Å². The molecule has 1 amide bonds. The van der Waals surface area contributed by atoms with Gasteiger partial charge in [-0.25, -0.2) is 4.79 Å². The number of nitrogens with zero attached hydrogens (tertiary/aromatic N) is 2. The number of oxazole rings is 1. The Labute approximate surface area is 135 Å². The number of non-ortho nitro benzene ring substituents is 1. The van der Waals surface area contributed by atoms with Crippen LogP contribution in [0.15, 0.2) is 57.7 Å². The fourth-order valence-corrected chi connectivity index (χ4v) is 2.38. The van der Waals surface area contributed by atoms with Crippen LogP contribution in [0.1, 0.15) is 13.0 Å². The molecule has 0 aliphatic carbocycles. The van der Waals surface area contributed by atoms with Gasteiger partial charge < -0.3 is 9.73 Å². The van der Waals surface area contributed by atoms with Crippen LogP contribution >= 0.6 is 0 Å². The van der Waals surface area contributed by atoms with Crippen molar-refractivity contribution in [1.29, 1.82) is 0 Å². The minimum Gasteiger partial charge on any atom is -0.408 e. The van der Waals surface area contributed by atoms with Crippen LogP contribution < -0.4 is 11.1 Å². The lowest BCUT2D eigenvalue weighted by Crippen LogP contribution is -2.29. The van der Waals surface area contributed by atoms with Crippen molar-refractivity contribution in [2.24, 2.45) is 0 Å². The van der Waals surface area contributed by atoms with Crippen molar-refractivity contribution in [3.63, 3.8) is 0 Å². The van der Waals surface area contributed by atoms with Gasteiger partial charge in [-0.2, -0.15) is 0 Å². The van der Waals surface area contributed by atoms with E-state index in [1.54, 1.807) is 31.2 Å². The number of carbonyl (C=O) groups excluding carboxylic acids is 1. The molecule has 3 aromatic rings. The number of nitro groups is 1. The van der Waals surface area contributed by atoms with Crippen molar-refractivity contribution in [3.05, 3.63) is 69.2 Å². The molecule has 0 bridgehead atoms. The number of fused-ring (bicyclic) bond motifs is 1. The van der Waals surface area contributed by atoms with Gasteiger partial charge in [0.2, 0.25) is 5.91 Å². The average molecular weight is 327 g/mol.